The molecule has 3 N–H and O–H groups in total. The number of rotatable bonds is 92. The second kappa shape index (κ2) is 84.5. The van der Waals surface area contributed by atoms with Crippen molar-refractivity contribution in [2.75, 3.05) is 39.6 Å². The van der Waals surface area contributed by atoms with Gasteiger partial charge in [0.25, 0.3) is 0 Å². The summed E-state index contributed by atoms with van der Waals surface area (Å²) in [5.74, 6) is -1.27. The Kier molecular flexibility index (Phi) is 83.0. The molecule has 0 aliphatic rings. The second-order valence-corrected chi connectivity index (χ2v) is 36.4. The molecule has 0 aliphatic carbocycles. The van der Waals surface area contributed by atoms with Crippen molar-refractivity contribution in [2.24, 2.45) is 5.92 Å². The number of esters is 4. The summed E-state index contributed by atoms with van der Waals surface area (Å²) < 4.78 is 69.1. The van der Waals surface area contributed by atoms with Gasteiger partial charge in [0.05, 0.1) is 26.4 Å². The highest BCUT2D eigenvalue weighted by molar-refractivity contribution is 7.47. The monoisotopic (exact) mass is 1620 g/mol. The molecule has 0 saturated carbocycles. The molecule has 0 aliphatic heterocycles. The van der Waals surface area contributed by atoms with Crippen LogP contribution in [-0.4, -0.2) is 96.7 Å². The predicted molar refractivity (Wildman–Crippen MR) is 460 cm³/mol. The molecule has 0 rings (SSSR count). The summed E-state index contributed by atoms with van der Waals surface area (Å²) in [4.78, 5) is 73.4. The fourth-order valence-corrected chi connectivity index (χ4v) is 16.1. The highest BCUT2D eigenvalue weighted by Crippen LogP contribution is 2.45. The number of phosphoric ester groups is 2. The minimum absolute atomic E-state index is 0.109. The van der Waals surface area contributed by atoms with Crippen molar-refractivity contribution < 1.29 is 80.2 Å². The first-order chi connectivity index (χ1) is 54.0. The van der Waals surface area contributed by atoms with Gasteiger partial charge in [-0.3, -0.25) is 37.3 Å². The number of hydrogen-bond acceptors (Lipinski definition) is 15. The number of hydrogen-bond donors (Lipinski definition) is 3. The van der Waals surface area contributed by atoms with Crippen molar-refractivity contribution in [1.82, 2.24) is 0 Å². The van der Waals surface area contributed by atoms with E-state index in [9.17, 15) is 43.2 Å². The van der Waals surface area contributed by atoms with Crippen LogP contribution in [-0.2, 0) is 65.4 Å². The molecular weight excluding hydrogens is 1440 g/mol. The van der Waals surface area contributed by atoms with E-state index in [0.717, 1.165) is 95.8 Å². The van der Waals surface area contributed by atoms with E-state index in [1.165, 1.54) is 327 Å². The SMILES string of the molecule is CCCCCCCCCCCCCCCCCCCCCCCC(=O)OC[C@H](COP(=O)(O)OC[C@@H](O)COP(=O)(O)OC[C@@H](COC(=O)CCCCCCCCCCCCC)OC(=O)CCCCCCCCCCCCCCCCCCCC)OC(=O)CCCCCCCCCCCCCCCCCCCCC(C)C. The minimum atomic E-state index is -4.97. The van der Waals surface area contributed by atoms with Crippen LogP contribution in [0.2, 0.25) is 0 Å². The number of carbonyl (C=O) groups excluding carboxylic acids is 4. The van der Waals surface area contributed by atoms with E-state index in [0.29, 0.717) is 25.7 Å². The van der Waals surface area contributed by atoms with Crippen molar-refractivity contribution >= 4 is 39.5 Å². The first kappa shape index (κ1) is 109. The Morgan fingerprint density at radius 2 is 0.414 bits per heavy atom. The lowest BCUT2D eigenvalue weighted by atomic mass is 10.0. The lowest BCUT2D eigenvalue weighted by Gasteiger charge is -2.21. The molecule has 0 radical (unpaired) electrons. The van der Waals surface area contributed by atoms with Crippen LogP contribution in [0.5, 0.6) is 0 Å². The molecule has 0 spiro atoms. The highest BCUT2D eigenvalue weighted by atomic mass is 31.2. The number of aliphatic hydroxyl groups is 1. The maximum absolute atomic E-state index is 13.2. The zero-order valence-corrected chi connectivity index (χ0v) is 74.9. The van der Waals surface area contributed by atoms with Gasteiger partial charge in [0.2, 0.25) is 0 Å². The molecule has 0 heterocycles. The number of unbranched alkanes of at least 4 members (excludes halogenated alkanes) is 64. The largest absolute Gasteiger partial charge is 0.472 e. The molecule has 111 heavy (non-hydrogen) atoms. The van der Waals surface area contributed by atoms with Gasteiger partial charge in [-0.15, -0.1) is 0 Å². The number of ether oxygens (including phenoxy) is 4. The van der Waals surface area contributed by atoms with E-state index in [1.807, 2.05) is 0 Å². The highest BCUT2D eigenvalue weighted by Gasteiger charge is 2.31. The molecule has 0 fully saturated rings. The van der Waals surface area contributed by atoms with Crippen LogP contribution in [0.15, 0.2) is 0 Å². The Morgan fingerprint density at radius 3 is 0.613 bits per heavy atom. The normalized spacial score (nSPS) is 13.7. The Morgan fingerprint density at radius 1 is 0.243 bits per heavy atom. The Balaban J connectivity index is 5.22. The minimum Gasteiger partial charge on any atom is -0.462 e. The van der Waals surface area contributed by atoms with Crippen LogP contribution in [0, 0.1) is 5.92 Å². The summed E-state index contributed by atoms with van der Waals surface area (Å²) in [6.07, 6.45) is 80.7. The van der Waals surface area contributed by atoms with Crippen LogP contribution in [0.3, 0.4) is 0 Å². The molecular formula is C92H180O17P2. The maximum atomic E-state index is 13.2. The van der Waals surface area contributed by atoms with Gasteiger partial charge >= 0.3 is 39.5 Å². The topological polar surface area (TPSA) is 237 Å². The van der Waals surface area contributed by atoms with Gasteiger partial charge in [-0.1, -0.05) is 452 Å². The zero-order valence-electron chi connectivity index (χ0n) is 73.1. The zero-order chi connectivity index (χ0) is 81.1. The van der Waals surface area contributed by atoms with Crippen LogP contribution < -0.4 is 0 Å². The third kappa shape index (κ3) is 85.8. The van der Waals surface area contributed by atoms with Crippen molar-refractivity contribution in [2.45, 2.75) is 522 Å². The third-order valence-corrected chi connectivity index (χ3v) is 23.7. The van der Waals surface area contributed by atoms with Gasteiger partial charge in [-0.2, -0.15) is 0 Å². The fraction of sp³-hybridized carbons (Fsp3) is 0.957. The standard InChI is InChI=1S/C92H180O17P2/c1-6-9-12-15-18-21-24-26-28-30-32-33-34-39-42-46-51-56-61-66-71-76-90(95)103-82-88(109-92(97)78-73-68-63-58-53-48-44-40-36-35-37-41-45-50-54-59-64-69-74-85(4)5)84-107-111(100,101)105-80-86(93)79-104-110(98,99)106-83-87(81-102-89(94)75-70-65-60-55-49-23-20-17-14-11-8-3)108-91(96)77-72-67-62-57-52-47-43-38-31-29-27-25-22-19-16-13-10-7-2/h85-88,93H,6-84H2,1-5H3,(H,98,99)(H,100,101)/t86-,87+,88+/m0/s1. The van der Waals surface area contributed by atoms with Gasteiger partial charge in [-0.25, -0.2) is 9.13 Å². The molecule has 0 aromatic rings. The number of aliphatic hydroxyl groups excluding tert-OH is 1. The quantitative estimate of drug-likeness (QED) is 0.0222. The summed E-state index contributed by atoms with van der Waals surface area (Å²) >= 11 is 0. The summed E-state index contributed by atoms with van der Waals surface area (Å²) in [6.45, 7) is 7.44. The van der Waals surface area contributed by atoms with Crippen molar-refractivity contribution in [1.29, 1.82) is 0 Å². The lowest BCUT2D eigenvalue weighted by molar-refractivity contribution is -0.161. The molecule has 2 unspecified atom stereocenters. The molecule has 0 amide bonds. The van der Waals surface area contributed by atoms with Crippen LogP contribution >= 0.6 is 15.6 Å². The van der Waals surface area contributed by atoms with E-state index in [2.05, 4.69) is 34.6 Å². The Labute approximate surface area is 683 Å². The van der Waals surface area contributed by atoms with E-state index in [-0.39, 0.29) is 25.7 Å². The van der Waals surface area contributed by atoms with Gasteiger partial charge < -0.3 is 33.8 Å². The molecule has 5 atom stereocenters. The van der Waals surface area contributed by atoms with E-state index < -0.39 is 97.5 Å². The summed E-state index contributed by atoms with van der Waals surface area (Å²) in [7, 11) is -9.93. The smallest absolute Gasteiger partial charge is 0.462 e. The second-order valence-electron chi connectivity index (χ2n) is 33.5. The summed E-state index contributed by atoms with van der Waals surface area (Å²) in [6, 6.07) is 0. The maximum Gasteiger partial charge on any atom is 0.472 e. The molecule has 660 valence electrons. The molecule has 0 bridgehead atoms. The third-order valence-electron chi connectivity index (χ3n) is 21.8. The first-order valence-electron chi connectivity index (χ1n) is 47.6. The van der Waals surface area contributed by atoms with Crippen LogP contribution in [0.1, 0.15) is 503 Å². The first-order valence-corrected chi connectivity index (χ1v) is 50.6. The van der Waals surface area contributed by atoms with Crippen LogP contribution in [0.4, 0.5) is 0 Å². The summed E-state index contributed by atoms with van der Waals surface area (Å²) in [5.41, 5.74) is 0. The molecule has 0 aromatic carbocycles. The van der Waals surface area contributed by atoms with Crippen LogP contribution in [0.25, 0.3) is 0 Å². The predicted octanol–water partition coefficient (Wildman–Crippen LogP) is 28.7. The van der Waals surface area contributed by atoms with E-state index in [4.69, 9.17) is 37.0 Å². The van der Waals surface area contributed by atoms with Gasteiger partial charge in [0, 0.05) is 25.7 Å². The van der Waals surface area contributed by atoms with Crippen molar-refractivity contribution in [3.05, 3.63) is 0 Å². The average Bonchev–Trinajstić information content (AvgIpc) is 0.894. The van der Waals surface area contributed by atoms with Gasteiger partial charge in [0.15, 0.2) is 12.2 Å². The summed E-state index contributed by atoms with van der Waals surface area (Å²) in [5, 5.41) is 10.7. The van der Waals surface area contributed by atoms with E-state index >= 15 is 0 Å². The Bertz CT molecular complexity index is 2100. The van der Waals surface area contributed by atoms with Crippen molar-refractivity contribution in [3.8, 4) is 0 Å². The molecule has 19 heteroatoms. The van der Waals surface area contributed by atoms with E-state index in [1.54, 1.807) is 0 Å². The molecule has 0 aromatic heterocycles. The number of carbonyl (C=O) groups is 4. The van der Waals surface area contributed by atoms with Gasteiger partial charge in [-0.05, 0) is 31.6 Å². The van der Waals surface area contributed by atoms with Crippen molar-refractivity contribution in [3.63, 3.8) is 0 Å². The number of phosphoric acid groups is 2. The molecule has 0 saturated heterocycles. The average molecular weight is 1620 g/mol. The lowest BCUT2D eigenvalue weighted by Crippen LogP contribution is -2.30. The van der Waals surface area contributed by atoms with Gasteiger partial charge in [0.1, 0.15) is 19.3 Å². The Hall–Kier alpha value is -1.94. The fourth-order valence-electron chi connectivity index (χ4n) is 14.5. The molecule has 17 nitrogen and oxygen atoms in total.